The number of aromatic nitrogens is 1. The quantitative estimate of drug-likeness (QED) is 0.596. The molecule has 164 valence electrons. The molecule has 0 saturated carbocycles. The number of nitrogens with zero attached hydrogens (tertiary/aromatic N) is 3. The van der Waals surface area contributed by atoms with Crippen molar-refractivity contribution in [3.05, 3.63) is 58.3 Å². The van der Waals surface area contributed by atoms with Crippen molar-refractivity contribution in [1.29, 1.82) is 5.26 Å². The standard InChI is InChI=1S/C25H27N5OS/c1-25(2)18-13-20(30-9-7-27-8-10-30)21(32-29(3)4)12-17(18)23(31)22-16-6-5-15(14-26)11-19(16)28-24(22)25/h5-6,11-13,27-28H,7-10H2,1-4H3. The number of piperazine rings is 1. The molecule has 2 aliphatic rings. The lowest BCUT2D eigenvalue weighted by atomic mass is 9.71. The molecular formula is C25H27N5OS. The third-order valence-corrected chi connectivity index (χ3v) is 7.42. The molecule has 0 unspecified atom stereocenters. The Morgan fingerprint density at radius 3 is 2.59 bits per heavy atom. The molecule has 1 aliphatic heterocycles. The molecule has 2 aromatic carbocycles. The summed E-state index contributed by atoms with van der Waals surface area (Å²) in [6, 6.07) is 12.0. The fourth-order valence-electron chi connectivity index (χ4n) is 4.94. The predicted octanol–water partition coefficient (Wildman–Crippen LogP) is 3.89. The third kappa shape index (κ3) is 3.22. The Morgan fingerprint density at radius 1 is 1.16 bits per heavy atom. The number of fused-ring (bicyclic) bond motifs is 4. The summed E-state index contributed by atoms with van der Waals surface area (Å²) in [4.78, 5) is 20.8. The number of aromatic amines is 1. The predicted molar refractivity (Wildman–Crippen MR) is 130 cm³/mol. The van der Waals surface area contributed by atoms with Gasteiger partial charge in [0.25, 0.3) is 0 Å². The number of rotatable bonds is 3. The van der Waals surface area contributed by atoms with Crippen LogP contribution >= 0.6 is 11.9 Å². The lowest BCUT2D eigenvalue weighted by molar-refractivity contribution is 0.103. The SMILES string of the molecule is CN(C)Sc1cc2c(cc1N1CCNCC1)C(C)(C)c1[nH]c3cc(C#N)ccc3c1C2=O. The number of carbonyl (C=O) groups excluding carboxylic acids is 1. The summed E-state index contributed by atoms with van der Waals surface area (Å²) in [7, 11) is 4.06. The first-order chi connectivity index (χ1) is 15.3. The van der Waals surface area contributed by atoms with Crippen LogP contribution in [-0.4, -0.2) is 55.3 Å². The lowest BCUT2D eigenvalue weighted by Crippen LogP contribution is -2.44. The largest absolute Gasteiger partial charge is 0.368 e. The zero-order valence-electron chi connectivity index (χ0n) is 18.9. The molecule has 7 heteroatoms. The molecule has 32 heavy (non-hydrogen) atoms. The zero-order valence-corrected chi connectivity index (χ0v) is 19.7. The van der Waals surface area contributed by atoms with Gasteiger partial charge in [-0.05, 0) is 55.9 Å². The van der Waals surface area contributed by atoms with Gasteiger partial charge in [-0.15, -0.1) is 0 Å². The number of H-pyrrole nitrogens is 1. The molecule has 6 nitrogen and oxygen atoms in total. The van der Waals surface area contributed by atoms with Crippen molar-refractivity contribution < 1.29 is 4.79 Å². The van der Waals surface area contributed by atoms with Crippen LogP contribution in [0.3, 0.4) is 0 Å². The minimum atomic E-state index is -0.367. The Kier molecular flexibility index (Phi) is 5.05. The number of benzene rings is 2. The molecule has 0 bridgehead atoms. The van der Waals surface area contributed by atoms with Crippen LogP contribution in [0.2, 0.25) is 0 Å². The van der Waals surface area contributed by atoms with Crippen molar-refractivity contribution >= 4 is 34.3 Å². The monoisotopic (exact) mass is 445 g/mol. The number of nitrogens with one attached hydrogen (secondary N) is 2. The summed E-state index contributed by atoms with van der Waals surface area (Å²) >= 11 is 1.66. The second kappa shape index (κ2) is 7.66. The van der Waals surface area contributed by atoms with E-state index in [0.29, 0.717) is 5.56 Å². The Labute approximate surface area is 192 Å². The van der Waals surface area contributed by atoms with Crippen molar-refractivity contribution in [2.75, 3.05) is 45.2 Å². The first-order valence-corrected chi connectivity index (χ1v) is 11.7. The molecule has 0 radical (unpaired) electrons. The molecule has 2 N–H and O–H groups in total. The zero-order chi connectivity index (χ0) is 22.6. The van der Waals surface area contributed by atoms with Gasteiger partial charge < -0.3 is 15.2 Å². The number of ketones is 1. The average Bonchev–Trinajstić information content (AvgIpc) is 3.17. The number of hydrogen-bond acceptors (Lipinski definition) is 6. The second-order valence-corrected chi connectivity index (χ2v) is 10.6. The van der Waals surface area contributed by atoms with Gasteiger partial charge in [0.15, 0.2) is 5.78 Å². The van der Waals surface area contributed by atoms with Crippen molar-refractivity contribution in [3.63, 3.8) is 0 Å². The molecule has 0 atom stereocenters. The molecule has 3 aromatic rings. The van der Waals surface area contributed by atoms with Gasteiger partial charge in [0.1, 0.15) is 0 Å². The highest BCUT2D eigenvalue weighted by Gasteiger charge is 2.40. The molecule has 1 aromatic heterocycles. The lowest BCUT2D eigenvalue weighted by Gasteiger charge is -2.36. The average molecular weight is 446 g/mol. The van der Waals surface area contributed by atoms with Crippen molar-refractivity contribution in [1.82, 2.24) is 14.6 Å². The normalized spacial score (nSPS) is 17.4. The highest BCUT2D eigenvalue weighted by molar-refractivity contribution is 7.97. The minimum Gasteiger partial charge on any atom is -0.368 e. The third-order valence-electron chi connectivity index (χ3n) is 6.54. The fourth-order valence-corrected chi connectivity index (χ4v) is 5.78. The highest BCUT2D eigenvalue weighted by atomic mass is 32.2. The van der Waals surface area contributed by atoms with Gasteiger partial charge >= 0.3 is 0 Å². The molecule has 1 aliphatic carbocycles. The van der Waals surface area contributed by atoms with E-state index in [2.05, 4.69) is 51.6 Å². The van der Waals surface area contributed by atoms with Crippen LogP contribution in [0, 0.1) is 11.3 Å². The van der Waals surface area contributed by atoms with Crippen molar-refractivity contribution in [2.45, 2.75) is 24.2 Å². The van der Waals surface area contributed by atoms with Gasteiger partial charge in [-0.25, -0.2) is 0 Å². The number of nitriles is 1. The Hall–Kier alpha value is -2.79. The second-order valence-electron chi connectivity index (χ2n) is 9.21. The Morgan fingerprint density at radius 2 is 1.91 bits per heavy atom. The summed E-state index contributed by atoms with van der Waals surface area (Å²) in [6.07, 6.45) is 0. The maximum Gasteiger partial charge on any atom is 0.195 e. The minimum absolute atomic E-state index is 0.0535. The van der Waals surface area contributed by atoms with Crippen molar-refractivity contribution in [2.24, 2.45) is 0 Å². The molecule has 0 spiro atoms. The van der Waals surface area contributed by atoms with Crippen LogP contribution in [0.5, 0.6) is 0 Å². The van der Waals surface area contributed by atoms with Crippen LogP contribution in [0.25, 0.3) is 10.9 Å². The van der Waals surface area contributed by atoms with Crippen molar-refractivity contribution in [3.8, 4) is 6.07 Å². The smallest absolute Gasteiger partial charge is 0.195 e. The van der Waals surface area contributed by atoms with E-state index in [-0.39, 0.29) is 11.2 Å². The number of carbonyl (C=O) groups is 1. The molecule has 1 saturated heterocycles. The van der Waals surface area contributed by atoms with Crippen LogP contribution < -0.4 is 10.2 Å². The van der Waals surface area contributed by atoms with E-state index in [1.807, 2.05) is 26.2 Å². The van der Waals surface area contributed by atoms with E-state index < -0.39 is 0 Å². The first-order valence-electron chi connectivity index (χ1n) is 10.9. The van der Waals surface area contributed by atoms with Gasteiger partial charge in [0, 0.05) is 58.6 Å². The topological polar surface area (TPSA) is 75.2 Å². The highest BCUT2D eigenvalue weighted by Crippen LogP contribution is 2.47. The van der Waals surface area contributed by atoms with Crippen LogP contribution in [-0.2, 0) is 5.41 Å². The molecule has 2 heterocycles. The van der Waals surface area contributed by atoms with Gasteiger partial charge in [-0.3, -0.25) is 9.10 Å². The maximum atomic E-state index is 13.8. The molecule has 0 amide bonds. The van der Waals surface area contributed by atoms with E-state index in [0.717, 1.165) is 64.4 Å². The summed E-state index contributed by atoms with van der Waals surface area (Å²) in [5.41, 5.74) is 5.75. The van der Waals surface area contributed by atoms with Gasteiger partial charge in [0.2, 0.25) is 0 Å². The summed E-state index contributed by atoms with van der Waals surface area (Å²) < 4.78 is 2.08. The molecule has 5 rings (SSSR count). The number of hydrogen-bond donors (Lipinski definition) is 2. The van der Waals surface area contributed by atoms with Crippen LogP contribution in [0.1, 0.15) is 46.6 Å². The van der Waals surface area contributed by atoms with E-state index in [9.17, 15) is 10.1 Å². The maximum absolute atomic E-state index is 13.8. The number of anilines is 1. The van der Waals surface area contributed by atoms with E-state index in [4.69, 9.17) is 0 Å². The summed E-state index contributed by atoms with van der Waals surface area (Å²) in [6.45, 7) is 8.17. The fraction of sp³-hybridized carbons (Fsp3) is 0.360. The van der Waals surface area contributed by atoms with Crippen LogP contribution in [0.15, 0.2) is 35.2 Å². The Bertz CT molecular complexity index is 1280. The summed E-state index contributed by atoms with van der Waals surface area (Å²) in [5.74, 6) is 0.0535. The van der Waals surface area contributed by atoms with Gasteiger partial charge in [0.05, 0.1) is 22.9 Å². The van der Waals surface area contributed by atoms with Crippen LogP contribution in [0.4, 0.5) is 5.69 Å². The first kappa shape index (κ1) is 21.1. The van der Waals surface area contributed by atoms with E-state index in [1.165, 1.54) is 5.69 Å². The van der Waals surface area contributed by atoms with Gasteiger partial charge in [-0.2, -0.15) is 5.26 Å². The van der Waals surface area contributed by atoms with E-state index in [1.54, 1.807) is 18.0 Å². The summed E-state index contributed by atoms with van der Waals surface area (Å²) in [5, 5.41) is 13.6. The Balaban J connectivity index is 1.73. The van der Waals surface area contributed by atoms with E-state index >= 15 is 0 Å². The molecule has 1 fully saturated rings. The molecular weight excluding hydrogens is 418 g/mol. The van der Waals surface area contributed by atoms with Gasteiger partial charge in [-0.1, -0.05) is 19.9 Å².